The largest absolute Gasteiger partial charge is 0.468 e. The van der Waals surface area contributed by atoms with E-state index in [1.54, 1.807) is 0 Å². The number of para-hydroxylation sites is 1. The highest BCUT2D eigenvalue weighted by Crippen LogP contribution is 2.72. The van der Waals surface area contributed by atoms with E-state index < -0.39 is 11.5 Å². The minimum Gasteiger partial charge on any atom is -0.468 e. The number of likely N-dealkylation sites (N-methyl/N-ethyl adjacent to an activating group) is 1. The average molecular weight is 366 g/mol. The summed E-state index contributed by atoms with van der Waals surface area (Å²) < 4.78 is 5.37. The maximum absolute atomic E-state index is 13.3. The van der Waals surface area contributed by atoms with E-state index in [0.717, 1.165) is 19.4 Å². The number of esters is 1. The molecule has 6 aliphatic rings. The lowest BCUT2D eigenvalue weighted by Gasteiger charge is -2.61. The number of aliphatic hydroxyl groups is 1. The van der Waals surface area contributed by atoms with Crippen molar-refractivity contribution >= 4 is 11.7 Å². The Bertz CT molecular complexity index is 897. The van der Waals surface area contributed by atoms with Crippen molar-refractivity contribution in [3.05, 3.63) is 41.5 Å². The van der Waals surface area contributed by atoms with Crippen LogP contribution in [0.15, 0.2) is 35.9 Å². The number of fused-ring (bicyclic) bond motifs is 2. The van der Waals surface area contributed by atoms with E-state index in [0.29, 0.717) is 6.04 Å². The molecular weight excluding hydrogens is 340 g/mol. The SMILES string of the molecule is C/C=C1/CN2C3CC1C1(C(=O)OC)C2CC2(c4ccccc4N(C)C32)C1O. The first-order valence-electron chi connectivity index (χ1n) is 10.0. The molecule has 4 saturated heterocycles. The molecule has 7 rings (SSSR count). The van der Waals surface area contributed by atoms with Gasteiger partial charge in [-0.2, -0.15) is 0 Å². The van der Waals surface area contributed by atoms with Crippen molar-refractivity contribution < 1.29 is 14.6 Å². The molecule has 8 unspecified atom stereocenters. The summed E-state index contributed by atoms with van der Waals surface area (Å²) in [6.45, 7) is 2.97. The van der Waals surface area contributed by atoms with Crippen LogP contribution in [0.5, 0.6) is 0 Å². The number of hydrogen-bond donors (Lipinski definition) is 1. The molecule has 27 heavy (non-hydrogen) atoms. The van der Waals surface area contributed by atoms with E-state index in [2.05, 4.69) is 54.1 Å². The van der Waals surface area contributed by atoms with Gasteiger partial charge in [0.15, 0.2) is 0 Å². The first kappa shape index (κ1) is 16.1. The molecule has 142 valence electrons. The lowest BCUT2D eigenvalue weighted by molar-refractivity contribution is -0.179. The Morgan fingerprint density at radius 1 is 1.37 bits per heavy atom. The number of ether oxygens (including phenoxy) is 1. The third kappa shape index (κ3) is 1.40. The second-order valence-electron chi connectivity index (χ2n) is 9.05. The van der Waals surface area contributed by atoms with Crippen molar-refractivity contribution in [1.82, 2.24) is 4.90 Å². The molecule has 0 aromatic heterocycles. The molecule has 5 aliphatic heterocycles. The Morgan fingerprint density at radius 2 is 2.15 bits per heavy atom. The van der Waals surface area contributed by atoms with Crippen LogP contribution in [-0.2, 0) is 14.9 Å². The van der Waals surface area contributed by atoms with Gasteiger partial charge in [0.1, 0.15) is 5.41 Å². The van der Waals surface area contributed by atoms with Crippen LogP contribution in [0, 0.1) is 11.3 Å². The zero-order chi connectivity index (χ0) is 18.7. The number of hydrogen-bond acceptors (Lipinski definition) is 5. The first-order chi connectivity index (χ1) is 13.0. The monoisotopic (exact) mass is 366 g/mol. The van der Waals surface area contributed by atoms with Crippen LogP contribution >= 0.6 is 0 Å². The minimum atomic E-state index is -0.849. The topological polar surface area (TPSA) is 53.0 Å². The van der Waals surface area contributed by atoms with Crippen molar-refractivity contribution in [2.24, 2.45) is 11.3 Å². The quantitative estimate of drug-likeness (QED) is 0.606. The van der Waals surface area contributed by atoms with Crippen LogP contribution in [0.25, 0.3) is 0 Å². The molecule has 5 heterocycles. The van der Waals surface area contributed by atoms with Crippen molar-refractivity contribution in [1.29, 1.82) is 0 Å². The van der Waals surface area contributed by atoms with Crippen LogP contribution in [0.4, 0.5) is 5.69 Å². The fraction of sp³-hybridized carbons (Fsp3) is 0.591. The summed E-state index contributed by atoms with van der Waals surface area (Å²) in [6.07, 6.45) is 3.19. The van der Waals surface area contributed by atoms with E-state index >= 15 is 0 Å². The van der Waals surface area contributed by atoms with Gasteiger partial charge in [0, 0.05) is 42.7 Å². The van der Waals surface area contributed by atoms with Crippen molar-refractivity contribution in [2.45, 2.75) is 49.4 Å². The number of benzene rings is 1. The number of aliphatic hydroxyl groups excluding tert-OH is 1. The van der Waals surface area contributed by atoms with Crippen molar-refractivity contribution in [3.63, 3.8) is 0 Å². The maximum Gasteiger partial charge on any atom is 0.316 e. The molecule has 1 aromatic rings. The molecule has 8 atom stereocenters. The van der Waals surface area contributed by atoms with Gasteiger partial charge in [0.25, 0.3) is 0 Å². The van der Waals surface area contributed by atoms with Gasteiger partial charge in [-0.25, -0.2) is 0 Å². The molecular formula is C22H26N2O3. The molecule has 1 spiro atoms. The number of carbonyl (C=O) groups excluding carboxylic acids is 1. The molecule has 1 saturated carbocycles. The smallest absolute Gasteiger partial charge is 0.316 e. The number of nitrogens with zero attached hydrogens (tertiary/aromatic N) is 2. The number of anilines is 1. The predicted octanol–water partition coefficient (Wildman–Crippen LogP) is 1.70. The summed E-state index contributed by atoms with van der Waals surface area (Å²) in [5.41, 5.74) is 2.48. The van der Waals surface area contributed by atoms with Gasteiger partial charge in [0.05, 0.1) is 19.3 Å². The van der Waals surface area contributed by atoms with Gasteiger partial charge in [-0.1, -0.05) is 29.8 Å². The number of carbonyl (C=O) groups is 1. The molecule has 5 bridgehead atoms. The zero-order valence-corrected chi connectivity index (χ0v) is 16.1. The number of allylic oxidation sites excluding steroid dienone is 1. The lowest BCUT2D eigenvalue weighted by Crippen LogP contribution is -2.71. The minimum absolute atomic E-state index is 0.0585. The highest BCUT2D eigenvalue weighted by atomic mass is 16.5. The first-order valence-corrected chi connectivity index (χ1v) is 10.0. The lowest BCUT2D eigenvalue weighted by atomic mass is 9.58. The normalized spacial score (nSPS) is 49.5. The van der Waals surface area contributed by atoms with Crippen molar-refractivity contribution in [2.75, 3.05) is 25.6 Å². The van der Waals surface area contributed by atoms with Gasteiger partial charge in [0.2, 0.25) is 0 Å². The van der Waals surface area contributed by atoms with Gasteiger partial charge >= 0.3 is 5.97 Å². The van der Waals surface area contributed by atoms with Gasteiger partial charge in [-0.15, -0.1) is 0 Å². The summed E-state index contributed by atoms with van der Waals surface area (Å²) >= 11 is 0. The molecule has 0 amide bonds. The van der Waals surface area contributed by atoms with E-state index in [1.807, 2.05) is 0 Å². The second kappa shape index (κ2) is 4.76. The van der Waals surface area contributed by atoms with Gasteiger partial charge in [-0.3, -0.25) is 9.69 Å². The Kier molecular flexibility index (Phi) is 2.84. The standard InChI is InChI=1S/C22H26N2O3/c1-4-12-11-24-16-9-14(12)22(20(26)27-3)17(24)10-21(19(22)25)13-7-5-6-8-15(13)23(2)18(16)21/h4-8,14,16-19,25H,9-11H2,1-3H3/b12-4-. The number of methoxy groups -OCH3 is 1. The van der Waals surface area contributed by atoms with E-state index in [1.165, 1.54) is 23.9 Å². The summed E-state index contributed by atoms with van der Waals surface area (Å²) in [5.74, 6) is -0.146. The van der Waals surface area contributed by atoms with Crippen LogP contribution in [-0.4, -0.2) is 60.9 Å². The number of rotatable bonds is 1. The van der Waals surface area contributed by atoms with E-state index in [9.17, 15) is 9.90 Å². The third-order valence-corrected chi connectivity index (χ3v) is 8.72. The fourth-order valence-corrected chi connectivity index (χ4v) is 7.97. The number of piperidine rings is 4. The summed E-state index contributed by atoms with van der Waals surface area (Å²) in [4.78, 5) is 18.2. The average Bonchev–Trinajstić information content (AvgIpc) is 3.08. The highest BCUT2D eigenvalue weighted by molar-refractivity contribution is 5.84. The van der Waals surface area contributed by atoms with Crippen LogP contribution in [0.2, 0.25) is 0 Å². The summed E-state index contributed by atoms with van der Waals surface area (Å²) in [5, 5.41) is 12.0. The maximum atomic E-state index is 13.3. The van der Waals surface area contributed by atoms with Crippen LogP contribution < -0.4 is 4.90 Å². The molecule has 5 fully saturated rings. The summed E-state index contributed by atoms with van der Waals surface area (Å²) in [6, 6.07) is 9.09. The Balaban J connectivity index is 1.67. The molecule has 1 N–H and O–H groups in total. The fourth-order valence-electron chi connectivity index (χ4n) is 7.97. The van der Waals surface area contributed by atoms with Crippen LogP contribution in [0.1, 0.15) is 25.3 Å². The molecule has 1 aliphatic carbocycles. The van der Waals surface area contributed by atoms with E-state index in [4.69, 9.17) is 4.74 Å². The highest BCUT2D eigenvalue weighted by Gasteiger charge is 2.82. The Hall–Kier alpha value is -1.85. The van der Waals surface area contributed by atoms with E-state index in [-0.39, 0.29) is 29.4 Å². The third-order valence-electron chi connectivity index (χ3n) is 8.72. The van der Waals surface area contributed by atoms with Gasteiger partial charge in [-0.05, 0) is 31.4 Å². The van der Waals surface area contributed by atoms with Crippen LogP contribution in [0.3, 0.4) is 0 Å². The Labute approximate surface area is 159 Å². The molecule has 5 nitrogen and oxygen atoms in total. The predicted molar refractivity (Wildman–Crippen MR) is 102 cm³/mol. The molecule has 0 radical (unpaired) electrons. The zero-order valence-electron chi connectivity index (χ0n) is 16.1. The second-order valence-corrected chi connectivity index (χ2v) is 9.05. The molecule has 5 heteroatoms. The summed E-state index contributed by atoms with van der Waals surface area (Å²) in [7, 11) is 3.63. The Morgan fingerprint density at radius 3 is 2.89 bits per heavy atom. The van der Waals surface area contributed by atoms with Gasteiger partial charge < -0.3 is 14.7 Å². The van der Waals surface area contributed by atoms with Crippen molar-refractivity contribution in [3.8, 4) is 0 Å². The molecule has 1 aromatic carbocycles.